The van der Waals surface area contributed by atoms with Crippen LogP contribution in [-0.2, 0) is 9.53 Å². The first-order chi connectivity index (χ1) is 6.84. The van der Waals surface area contributed by atoms with Gasteiger partial charge in [0.2, 0.25) is 0 Å². The smallest absolute Gasteiger partial charge is 0.379 e. The third-order valence-corrected chi connectivity index (χ3v) is 1.57. The fraction of sp³-hybridized carbons (Fsp3) is 0.889. The Bertz CT molecular complexity index is 192. The standard InChI is InChI=1S/C9H16F3NO2/c1-7(2)15-6-4-3-5-13-8(14)9(10,11)12/h7H,3-6H2,1-2H3,(H,13,14). The van der Waals surface area contributed by atoms with Crippen molar-refractivity contribution in [2.75, 3.05) is 13.2 Å². The maximum absolute atomic E-state index is 11.7. The van der Waals surface area contributed by atoms with Crippen LogP contribution in [0.15, 0.2) is 0 Å². The first-order valence-corrected chi connectivity index (χ1v) is 4.80. The first kappa shape index (κ1) is 14.2. The Morgan fingerprint density at radius 1 is 1.33 bits per heavy atom. The highest BCUT2D eigenvalue weighted by Crippen LogP contribution is 2.13. The summed E-state index contributed by atoms with van der Waals surface area (Å²) in [5, 5.41) is 1.79. The monoisotopic (exact) mass is 227 g/mol. The lowest BCUT2D eigenvalue weighted by Gasteiger charge is -2.09. The van der Waals surface area contributed by atoms with E-state index in [0.717, 1.165) is 0 Å². The largest absolute Gasteiger partial charge is 0.471 e. The zero-order valence-corrected chi connectivity index (χ0v) is 8.86. The summed E-state index contributed by atoms with van der Waals surface area (Å²) < 4.78 is 40.3. The third kappa shape index (κ3) is 8.23. The van der Waals surface area contributed by atoms with Gasteiger partial charge >= 0.3 is 12.1 Å². The van der Waals surface area contributed by atoms with Gasteiger partial charge in [0.25, 0.3) is 0 Å². The van der Waals surface area contributed by atoms with Crippen molar-refractivity contribution in [3.63, 3.8) is 0 Å². The zero-order valence-electron chi connectivity index (χ0n) is 8.86. The topological polar surface area (TPSA) is 38.3 Å². The minimum Gasteiger partial charge on any atom is -0.379 e. The van der Waals surface area contributed by atoms with E-state index in [-0.39, 0.29) is 12.6 Å². The second-order valence-electron chi connectivity index (χ2n) is 3.38. The number of hydrogen-bond acceptors (Lipinski definition) is 2. The molecule has 15 heavy (non-hydrogen) atoms. The van der Waals surface area contributed by atoms with Crippen LogP contribution in [0, 0.1) is 0 Å². The molecule has 0 aliphatic heterocycles. The maximum Gasteiger partial charge on any atom is 0.471 e. The van der Waals surface area contributed by atoms with Crippen molar-refractivity contribution in [2.45, 2.75) is 39.0 Å². The van der Waals surface area contributed by atoms with Gasteiger partial charge in [-0.3, -0.25) is 4.79 Å². The zero-order chi connectivity index (χ0) is 11.9. The Balaban J connectivity index is 3.36. The molecule has 0 rings (SSSR count). The van der Waals surface area contributed by atoms with Crippen LogP contribution < -0.4 is 5.32 Å². The van der Waals surface area contributed by atoms with Crippen molar-refractivity contribution in [2.24, 2.45) is 0 Å². The molecule has 0 spiro atoms. The number of carbonyl (C=O) groups is 1. The average Bonchev–Trinajstić information content (AvgIpc) is 2.08. The van der Waals surface area contributed by atoms with E-state index in [4.69, 9.17) is 4.74 Å². The number of alkyl halides is 3. The SMILES string of the molecule is CC(C)OCCCCNC(=O)C(F)(F)F. The van der Waals surface area contributed by atoms with Gasteiger partial charge in [-0.1, -0.05) is 0 Å². The van der Waals surface area contributed by atoms with Crippen molar-refractivity contribution >= 4 is 5.91 Å². The molecule has 0 heterocycles. The summed E-state index contributed by atoms with van der Waals surface area (Å²) in [5.41, 5.74) is 0. The molecule has 0 aliphatic carbocycles. The highest BCUT2D eigenvalue weighted by Gasteiger charge is 2.38. The summed E-state index contributed by atoms with van der Waals surface area (Å²) in [4.78, 5) is 10.3. The Kier molecular flexibility index (Phi) is 6.31. The number of unbranched alkanes of at least 4 members (excludes halogenated alkanes) is 1. The molecule has 1 N–H and O–H groups in total. The van der Waals surface area contributed by atoms with Crippen LogP contribution in [0.25, 0.3) is 0 Å². The summed E-state index contributed by atoms with van der Waals surface area (Å²) in [7, 11) is 0. The molecule has 0 aromatic rings. The van der Waals surface area contributed by atoms with E-state index in [9.17, 15) is 18.0 Å². The summed E-state index contributed by atoms with van der Waals surface area (Å²) in [6.45, 7) is 4.29. The van der Waals surface area contributed by atoms with Crippen LogP contribution in [0.4, 0.5) is 13.2 Å². The Morgan fingerprint density at radius 3 is 2.40 bits per heavy atom. The number of amides is 1. The Morgan fingerprint density at radius 2 is 1.93 bits per heavy atom. The predicted molar refractivity (Wildman–Crippen MR) is 49.4 cm³/mol. The minimum absolute atomic E-state index is 0.0276. The van der Waals surface area contributed by atoms with Gasteiger partial charge in [-0.25, -0.2) is 0 Å². The molecule has 0 atom stereocenters. The van der Waals surface area contributed by atoms with Gasteiger partial charge in [0.15, 0.2) is 0 Å². The van der Waals surface area contributed by atoms with Crippen molar-refractivity contribution in [3.8, 4) is 0 Å². The van der Waals surface area contributed by atoms with Crippen LogP contribution in [0.5, 0.6) is 0 Å². The van der Waals surface area contributed by atoms with E-state index in [0.29, 0.717) is 19.4 Å². The summed E-state index contributed by atoms with van der Waals surface area (Å²) in [5.74, 6) is -1.88. The maximum atomic E-state index is 11.7. The fourth-order valence-corrected chi connectivity index (χ4v) is 0.848. The number of rotatable bonds is 6. The van der Waals surface area contributed by atoms with E-state index < -0.39 is 12.1 Å². The molecule has 3 nitrogen and oxygen atoms in total. The van der Waals surface area contributed by atoms with Crippen molar-refractivity contribution in [3.05, 3.63) is 0 Å². The molecule has 90 valence electrons. The van der Waals surface area contributed by atoms with E-state index in [1.54, 1.807) is 5.32 Å². The highest BCUT2D eigenvalue weighted by molar-refractivity contribution is 5.81. The molecule has 0 fully saturated rings. The lowest BCUT2D eigenvalue weighted by atomic mass is 10.3. The van der Waals surface area contributed by atoms with Gasteiger partial charge in [0.1, 0.15) is 0 Å². The molecular weight excluding hydrogens is 211 g/mol. The van der Waals surface area contributed by atoms with E-state index in [1.807, 2.05) is 13.8 Å². The fourth-order valence-electron chi connectivity index (χ4n) is 0.848. The lowest BCUT2D eigenvalue weighted by molar-refractivity contribution is -0.173. The summed E-state index contributed by atoms with van der Waals surface area (Å²) in [6, 6.07) is 0. The van der Waals surface area contributed by atoms with Gasteiger partial charge in [0.05, 0.1) is 6.10 Å². The highest BCUT2D eigenvalue weighted by atomic mass is 19.4. The first-order valence-electron chi connectivity index (χ1n) is 4.80. The molecule has 0 radical (unpaired) electrons. The van der Waals surface area contributed by atoms with Gasteiger partial charge in [0, 0.05) is 13.2 Å². The molecule has 0 saturated heterocycles. The van der Waals surface area contributed by atoms with E-state index in [1.165, 1.54) is 0 Å². The van der Waals surface area contributed by atoms with Gasteiger partial charge in [-0.05, 0) is 26.7 Å². The van der Waals surface area contributed by atoms with Crippen LogP contribution >= 0.6 is 0 Å². The Hall–Kier alpha value is -0.780. The van der Waals surface area contributed by atoms with Crippen molar-refractivity contribution in [1.82, 2.24) is 5.32 Å². The Labute approximate surface area is 87.0 Å². The number of hydrogen-bond donors (Lipinski definition) is 1. The third-order valence-electron chi connectivity index (χ3n) is 1.57. The number of carbonyl (C=O) groups excluding carboxylic acids is 1. The molecular formula is C9H16F3NO2. The summed E-state index contributed by atoms with van der Waals surface area (Å²) in [6.07, 6.45) is -3.55. The molecule has 0 bridgehead atoms. The van der Waals surface area contributed by atoms with Crippen LogP contribution in [0.3, 0.4) is 0 Å². The van der Waals surface area contributed by atoms with E-state index >= 15 is 0 Å². The van der Waals surface area contributed by atoms with E-state index in [2.05, 4.69) is 0 Å². The average molecular weight is 227 g/mol. The molecule has 6 heteroatoms. The number of halogens is 3. The van der Waals surface area contributed by atoms with Gasteiger partial charge in [-0.15, -0.1) is 0 Å². The molecule has 0 aliphatic rings. The van der Waals surface area contributed by atoms with Gasteiger partial charge in [-0.2, -0.15) is 13.2 Å². The number of ether oxygens (including phenoxy) is 1. The second kappa shape index (κ2) is 6.66. The minimum atomic E-state index is -4.78. The van der Waals surface area contributed by atoms with Crippen LogP contribution in [0.2, 0.25) is 0 Å². The normalized spacial score (nSPS) is 11.9. The van der Waals surface area contributed by atoms with Crippen molar-refractivity contribution in [1.29, 1.82) is 0 Å². The molecule has 0 unspecified atom stereocenters. The van der Waals surface area contributed by atoms with Crippen LogP contribution in [-0.4, -0.2) is 31.3 Å². The molecule has 0 aromatic heterocycles. The predicted octanol–water partition coefficient (Wildman–Crippen LogP) is 1.87. The molecule has 1 amide bonds. The van der Waals surface area contributed by atoms with Crippen LogP contribution in [0.1, 0.15) is 26.7 Å². The second-order valence-corrected chi connectivity index (χ2v) is 3.38. The number of nitrogens with one attached hydrogen (secondary N) is 1. The molecule has 0 aromatic carbocycles. The van der Waals surface area contributed by atoms with Gasteiger partial charge < -0.3 is 10.1 Å². The molecule has 0 saturated carbocycles. The quantitative estimate of drug-likeness (QED) is 0.703. The van der Waals surface area contributed by atoms with Crippen molar-refractivity contribution < 1.29 is 22.7 Å². The summed E-state index contributed by atoms with van der Waals surface area (Å²) >= 11 is 0. The lowest BCUT2D eigenvalue weighted by Crippen LogP contribution is -2.37.